The Bertz CT molecular complexity index is 1030. The van der Waals surface area contributed by atoms with Gasteiger partial charge in [-0.05, 0) is 42.7 Å². The predicted molar refractivity (Wildman–Crippen MR) is 108 cm³/mol. The second kappa shape index (κ2) is 7.83. The normalized spacial score (nSPS) is 10.9. The van der Waals surface area contributed by atoms with Gasteiger partial charge in [0.25, 0.3) is 5.56 Å². The lowest BCUT2D eigenvalue weighted by atomic mass is 10.1. The highest BCUT2D eigenvalue weighted by Crippen LogP contribution is 2.21. The van der Waals surface area contributed by atoms with Gasteiger partial charge in [0, 0.05) is 23.1 Å². The van der Waals surface area contributed by atoms with Crippen LogP contribution in [0, 0.1) is 6.92 Å². The molecule has 26 heavy (non-hydrogen) atoms. The Morgan fingerprint density at radius 2 is 2.08 bits per heavy atom. The number of benzene rings is 2. The Balaban J connectivity index is 1.75. The molecule has 6 heteroatoms. The van der Waals surface area contributed by atoms with E-state index in [1.165, 1.54) is 10.9 Å². The fourth-order valence-electron chi connectivity index (χ4n) is 2.92. The Labute approximate surface area is 160 Å². The van der Waals surface area contributed by atoms with Crippen LogP contribution in [-0.2, 0) is 17.8 Å². The first-order valence-electron chi connectivity index (χ1n) is 8.52. The maximum atomic E-state index is 12.6. The summed E-state index contributed by atoms with van der Waals surface area (Å²) in [5.41, 5.74) is 3.51. The quantitative estimate of drug-likeness (QED) is 0.685. The van der Waals surface area contributed by atoms with E-state index in [0.717, 1.165) is 27.7 Å². The molecule has 0 aliphatic carbocycles. The van der Waals surface area contributed by atoms with Crippen LogP contribution in [0.3, 0.4) is 0 Å². The number of hydrogen-bond donors (Lipinski definition) is 1. The molecule has 0 atom stereocenters. The summed E-state index contributed by atoms with van der Waals surface area (Å²) in [4.78, 5) is 29.3. The zero-order valence-corrected chi connectivity index (χ0v) is 16.3. The van der Waals surface area contributed by atoms with Crippen molar-refractivity contribution in [3.63, 3.8) is 0 Å². The number of para-hydroxylation sites is 1. The number of rotatable bonds is 5. The molecule has 1 aromatic heterocycles. The van der Waals surface area contributed by atoms with Gasteiger partial charge in [0.1, 0.15) is 0 Å². The third-order valence-electron chi connectivity index (χ3n) is 4.37. The van der Waals surface area contributed by atoms with Crippen LogP contribution >= 0.6 is 15.9 Å². The molecule has 0 aliphatic heterocycles. The number of fused-ring (bicyclic) bond motifs is 1. The van der Waals surface area contributed by atoms with Crippen molar-refractivity contribution in [3.05, 3.63) is 68.7 Å². The number of amides is 1. The molecule has 3 rings (SSSR count). The van der Waals surface area contributed by atoms with Gasteiger partial charge >= 0.3 is 0 Å². The lowest BCUT2D eigenvalue weighted by Gasteiger charge is -2.13. The average Bonchev–Trinajstić information content (AvgIpc) is 2.63. The molecule has 1 N–H and O–H groups in total. The van der Waals surface area contributed by atoms with Gasteiger partial charge in [-0.3, -0.25) is 14.2 Å². The molecular weight excluding hydrogens is 394 g/mol. The molecule has 0 saturated carbocycles. The Hall–Kier alpha value is -2.47. The van der Waals surface area contributed by atoms with Crippen LogP contribution in [0.15, 0.2) is 52.0 Å². The van der Waals surface area contributed by atoms with Crippen molar-refractivity contribution in [3.8, 4) is 0 Å². The maximum absolute atomic E-state index is 12.6. The number of hydrogen-bond acceptors (Lipinski definition) is 3. The van der Waals surface area contributed by atoms with Crippen LogP contribution < -0.4 is 10.9 Å². The van der Waals surface area contributed by atoms with E-state index in [1.54, 1.807) is 12.1 Å². The summed E-state index contributed by atoms with van der Waals surface area (Å²) in [6.45, 7) is 4.32. The van der Waals surface area contributed by atoms with E-state index in [1.807, 2.05) is 31.2 Å². The number of aryl methyl sites for hydroxylation is 3. The lowest BCUT2D eigenvalue weighted by molar-refractivity contribution is -0.116. The number of halogens is 1. The number of aromatic nitrogens is 2. The Morgan fingerprint density at radius 1 is 1.27 bits per heavy atom. The van der Waals surface area contributed by atoms with Crippen molar-refractivity contribution in [2.75, 3.05) is 5.32 Å². The van der Waals surface area contributed by atoms with Crippen molar-refractivity contribution in [2.45, 2.75) is 33.2 Å². The molecule has 2 aromatic carbocycles. The standard InChI is InChI=1S/C20H20BrN3O2/c1-3-14-6-4-5-13(2)19(14)23-18(25)9-10-24-12-22-17-8-7-15(21)11-16(17)20(24)26/h4-8,11-12H,3,9-10H2,1-2H3,(H,23,25). The van der Waals surface area contributed by atoms with Gasteiger partial charge in [-0.15, -0.1) is 0 Å². The molecule has 0 fully saturated rings. The predicted octanol–water partition coefficient (Wildman–Crippen LogP) is 4.06. The first-order valence-corrected chi connectivity index (χ1v) is 9.32. The van der Waals surface area contributed by atoms with E-state index in [4.69, 9.17) is 0 Å². The fourth-order valence-corrected chi connectivity index (χ4v) is 3.28. The number of carbonyl (C=O) groups excluding carboxylic acids is 1. The zero-order chi connectivity index (χ0) is 18.7. The van der Waals surface area contributed by atoms with Gasteiger partial charge in [-0.25, -0.2) is 4.98 Å². The summed E-state index contributed by atoms with van der Waals surface area (Å²) >= 11 is 3.37. The molecule has 134 valence electrons. The number of carbonyl (C=O) groups is 1. The lowest BCUT2D eigenvalue weighted by Crippen LogP contribution is -2.24. The Morgan fingerprint density at radius 3 is 2.85 bits per heavy atom. The van der Waals surface area contributed by atoms with Crippen LogP contribution in [0.2, 0.25) is 0 Å². The highest BCUT2D eigenvalue weighted by Gasteiger charge is 2.10. The van der Waals surface area contributed by atoms with Crippen LogP contribution in [0.25, 0.3) is 10.9 Å². The minimum atomic E-state index is -0.144. The smallest absolute Gasteiger partial charge is 0.261 e. The SMILES string of the molecule is CCc1cccc(C)c1NC(=O)CCn1cnc2ccc(Br)cc2c1=O. The zero-order valence-electron chi connectivity index (χ0n) is 14.8. The van der Waals surface area contributed by atoms with Crippen LogP contribution in [-0.4, -0.2) is 15.5 Å². The molecule has 0 bridgehead atoms. The molecular formula is C20H20BrN3O2. The second-order valence-corrected chi connectivity index (χ2v) is 7.08. The summed E-state index contributed by atoms with van der Waals surface area (Å²) in [7, 11) is 0. The van der Waals surface area contributed by atoms with E-state index >= 15 is 0 Å². The van der Waals surface area contributed by atoms with Crippen molar-refractivity contribution < 1.29 is 4.79 Å². The van der Waals surface area contributed by atoms with Crippen molar-refractivity contribution in [1.29, 1.82) is 0 Å². The highest BCUT2D eigenvalue weighted by molar-refractivity contribution is 9.10. The molecule has 0 radical (unpaired) electrons. The molecule has 0 saturated heterocycles. The second-order valence-electron chi connectivity index (χ2n) is 6.17. The highest BCUT2D eigenvalue weighted by atomic mass is 79.9. The molecule has 1 heterocycles. The number of anilines is 1. The minimum absolute atomic E-state index is 0.116. The molecule has 1 amide bonds. The van der Waals surface area contributed by atoms with E-state index in [0.29, 0.717) is 10.9 Å². The summed E-state index contributed by atoms with van der Waals surface area (Å²) in [5, 5.41) is 3.52. The summed E-state index contributed by atoms with van der Waals surface area (Å²) < 4.78 is 2.30. The van der Waals surface area contributed by atoms with Gasteiger partial charge < -0.3 is 5.32 Å². The fraction of sp³-hybridized carbons (Fsp3) is 0.250. The van der Waals surface area contributed by atoms with Crippen LogP contribution in [0.5, 0.6) is 0 Å². The minimum Gasteiger partial charge on any atom is -0.326 e. The summed E-state index contributed by atoms with van der Waals surface area (Å²) in [6, 6.07) is 11.4. The molecule has 0 aliphatic rings. The third-order valence-corrected chi connectivity index (χ3v) is 4.86. The summed E-state index contributed by atoms with van der Waals surface area (Å²) in [6.07, 6.45) is 2.55. The topological polar surface area (TPSA) is 64.0 Å². The van der Waals surface area contributed by atoms with Gasteiger partial charge in [0.05, 0.1) is 17.2 Å². The number of nitrogens with one attached hydrogen (secondary N) is 1. The van der Waals surface area contributed by atoms with Gasteiger partial charge in [0.2, 0.25) is 5.91 Å². The van der Waals surface area contributed by atoms with E-state index in [2.05, 4.69) is 33.2 Å². The van der Waals surface area contributed by atoms with Gasteiger partial charge in [0.15, 0.2) is 0 Å². The third kappa shape index (κ3) is 3.85. The molecule has 0 spiro atoms. The Kier molecular flexibility index (Phi) is 5.52. The summed E-state index contributed by atoms with van der Waals surface area (Å²) in [5.74, 6) is -0.116. The van der Waals surface area contributed by atoms with Crippen molar-refractivity contribution in [2.24, 2.45) is 0 Å². The maximum Gasteiger partial charge on any atom is 0.261 e. The van der Waals surface area contributed by atoms with Gasteiger partial charge in [-0.2, -0.15) is 0 Å². The van der Waals surface area contributed by atoms with Gasteiger partial charge in [-0.1, -0.05) is 41.1 Å². The van der Waals surface area contributed by atoms with Crippen LogP contribution in [0.4, 0.5) is 5.69 Å². The van der Waals surface area contributed by atoms with E-state index in [9.17, 15) is 9.59 Å². The molecule has 3 aromatic rings. The van der Waals surface area contributed by atoms with E-state index < -0.39 is 0 Å². The van der Waals surface area contributed by atoms with Crippen LogP contribution in [0.1, 0.15) is 24.5 Å². The average molecular weight is 414 g/mol. The first kappa shape index (κ1) is 18.3. The van der Waals surface area contributed by atoms with Crippen molar-refractivity contribution in [1.82, 2.24) is 9.55 Å². The molecule has 0 unspecified atom stereocenters. The van der Waals surface area contributed by atoms with E-state index in [-0.39, 0.29) is 24.4 Å². The largest absolute Gasteiger partial charge is 0.326 e. The monoisotopic (exact) mass is 413 g/mol. The van der Waals surface area contributed by atoms with Crippen molar-refractivity contribution >= 4 is 38.4 Å². The first-order chi connectivity index (χ1) is 12.5. The number of nitrogens with zero attached hydrogens (tertiary/aromatic N) is 2. The molecule has 5 nitrogen and oxygen atoms in total.